The van der Waals surface area contributed by atoms with Crippen LogP contribution in [0.15, 0.2) is 24.3 Å². The van der Waals surface area contributed by atoms with Crippen molar-refractivity contribution in [2.75, 3.05) is 7.05 Å². The monoisotopic (exact) mass is 357 g/mol. The number of hydrogen-bond donors (Lipinski definition) is 1. The number of halogens is 1. The highest BCUT2D eigenvalue weighted by atomic mass is 127. The van der Waals surface area contributed by atoms with Crippen LogP contribution in [0, 0.1) is 21.3 Å². The van der Waals surface area contributed by atoms with E-state index in [2.05, 4.69) is 73.1 Å². The van der Waals surface area contributed by atoms with Gasteiger partial charge in [0.1, 0.15) is 0 Å². The van der Waals surface area contributed by atoms with Crippen molar-refractivity contribution in [3.8, 4) is 0 Å². The normalized spacial score (nSPS) is 30.1. The molecule has 1 aromatic rings. The van der Waals surface area contributed by atoms with E-state index in [1.807, 2.05) is 0 Å². The number of nitrogens with one attached hydrogen (secondary N) is 1. The van der Waals surface area contributed by atoms with Gasteiger partial charge in [-0.15, -0.1) is 0 Å². The number of benzene rings is 1. The second kappa shape index (κ2) is 6.38. The highest BCUT2D eigenvalue weighted by Gasteiger charge is 2.29. The maximum absolute atomic E-state index is 3.55. The highest BCUT2D eigenvalue weighted by Crippen LogP contribution is 2.39. The molecule has 0 aromatic heterocycles. The topological polar surface area (TPSA) is 12.0 Å². The Morgan fingerprint density at radius 1 is 1.06 bits per heavy atom. The smallest absolute Gasteiger partial charge is 0.0346 e. The zero-order valence-electron chi connectivity index (χ0n) is 11.6. The molecule has 3 unspecified atom stereocenters. The molecule has 0 bridgehead atoms. The molecule has 1 saturated carbocycles. The quantitative estimate of drug-likeness (QED) is 0.778. The van der Waals surface area contributed by atoms with E-state index >= 15 is 0 Å². The van der Waals surface area contributed by atoms with Crippen molar-refractivity contribution in [1.82, 2.24) is 5.32 Å². The van der Waals surface area contributed by atoms with Crippen molar-refractivity contribution in [3.05, 3.63) is 33.4 Å². The van der Waals surface area contributed by atoms with E-state index in [0.717, 1.165) is 17.8 Å². The second-order valence-corrected chi connectivity index (χ2v) is 7.24. The first-order chi connectivity index (χ1) is 8.60. The van der Waals surface area contributed by atoms with E-state index in [4.69, 9.17) is 0 Å². The third-order valence-corrected chi connectivity index (χ3v) is 4.95. The molecule has 100 valence electrons. The average Bonchev–Trinajstić information content (AvgIpc) is 2.31. The Balaban J connectivity index is 2.14. The van der Waals surface area contributed by atoms with Crippen LogP contribution < -0.4 is 5.32 Å². The van der Waals surface area contributed by atoms with Crippen LogP contribution >= 0.6 is 22.6 Å². The minimum atomic E-state index is 0.521. The van der Waals surface area contributed by atoms with Crippen molar-refractivity contribution in [3.63, 3.8) is 0 Å². The molecule has 3 atom stereocenters. The fourth-order valence-electron chi connectivity index (χ4n) is 3.63. The van der Waals surface area contributed by atoms with Crippen LogP contribution in [0.2, 0.25) is 0 Å². The third kappa shape index (κ3) is 3.47. The molecule has 2 rings (SSSR count). The summed E-state index contributed by atoms with van der Waals surface area (Å²) in [4.78, 5) is 0. The maximum Gasteiger partial charge on any atom is 0.0346 e. The van der Waals surface area contributed by atoms with Gasteiger partial charge >= 0.3 is 0 Å². The van der Waals surface area contributed by atoms with Gasteiger partial charge in [0.25, 0.3) is 0 Å². The molecule has 0 amide bonds. The largest absolute Gasteiger partial charge is 0.313 e. The van der Waals surface area contributed by atoms with Crippen LogP contribution in [0.1, 0.15) is 44.7 Å². The first-order valence-electron chi connectivity index (χ1n) is 7.03. The Kier molecular flexibility index (Phi) is 5.07. The van der Waals surface area contributed by atoms with Crippen molar-refractivity contribution < 1.29 is 0 Å². The molecule has 1 nitrogen and oxygen atoms in total. The molecule has 0 spiro atoms. The molecule has 0 saturated heterocycles. The fraction of sp³-hybridized carbons (Fsp3) is 0.625. The van der Waals surface area contributed by atoms with Crippen LogP contribution in [0.3, 0.4) is 0 Å². The zero-order valence-corrected chi connectivity index (χ0v) is 13.8. The first kappa shape index (κ1) is 14.3. The van der Waals surface area contributed by atoms with Crippen LogP contribution in [0.5, 0.6) is 0 Å². The molecule has 1 N–H and O–H groups in total. The van der Waals surface area contributed by atoms with E-state index in [-0.39, 0.29) is 0 Å². The zero-order chi connectivity index (χ0) is 13.1. The molecule has 18 heavy (non-hydrogen) atoms. The van der Waals surface area contributed by atoms with Gasteiger partial charge in [0.2, 0.25) is 0 Å². The Hall–Kier alpha value is -0.0900. The lowest BCUT2D eigenvalue weighted by molar-refractivity contribution is 0.180. The standard InChI is InChI=1S/C16H24IN/c1-11-8-12(2)10-14(9-11)16(18-3)13-4-6-15(17)7-5-13/h4-7,11-12,14,16,18H,8-10H2,1-3H3. The predicted molar refractivity (Wildman–Crippen MR) is 86.6 cm³/mol. The van der Waals surface area contributed by atoms with Gasteiger partial charge in [0.05, 0.1) is 0 Å². The summed E-state index contributed by atoms with van der Waals surface area (Å²) in [6, 6.07) is 9.53. The summed E-state index contributed by atoms with van der Waals surface area (Å²) in [5.74, 6) is 2.53. The Labute approximate surface area is 125 Å². The molecule has 1 aromatic carbocycles. The molecular formula is C16H24IN. The van der Waals surface area contributed by atoms with E-state index in [9.17, 15) is 0 Å². The first-order valence-corrected chi connectivity index (χ1v) is 8.10. The summed E-state index contributed by atoms with van der Waals surface area (Å²) >= 11 is 2.37. The van der Waals surface area contributed by atoms with Crippen LogP contribution in [0.25, 0.3) is 0 Å². The van der Waals surface area contributed by atoms with Gasteiger partial charge < -0.3 is 5.32 Å². The molecular weight excluding hydrogens is 333 g/mol. The Bertz CT molecular complexity index is 363. The summed E-state index contributed by atoms with van der Waals surface area (Å²) < 4.78 is 1.32. The molecule has 0 aliphatic heterocycles. The summed E-state index contributed by atoms with van der Waals surface area (Å²) in [6.45, 7) is 4.81. The summed E-state index contributed by atoms with van der Waals surface area (Å²) in [7, 11) is 2.10. The molecule has 1 aliphatic rings. The molecule has 0 radical (unpaired) electrons. The van der Waals surface area contributed by atoms with Gasteiger partial charge in [0, 0.05) is 9.61 Å². The van der Waals surface area contributed by atoms with E-state index in [1.54, 1.807) is 0 Å². The van der Waals surface area contributed by atoms with E-state index in [0.29, 0.717) is 6.04 Å². The van der Waals surface area contributed by atoms with Gasteiger partial charge in [-0.25, -0.2) is 0 Å². The third-order valence-electron chi connectivity index (χ3n) is 4.23. The van der Waals surface area contributed by atoms with Gasteiger partial charge in [-0.2, -0.15) is 0 Å². The van der Waals surface area contributed by atoms with Gasteiger partial charge in [-0.1, -0.05) is 26.0 Å². The molecule has 2 heteroatoms. The Morgan fingerprint density at radius 2 is 1.61 bits per heavy atom. The minimum absolute atomic E-state index is 0.521. The summed E-state index contributed by atoms with van der Waals surface area (Å²) in [5, 5.41) is 3.55. The lowest BCUT2D eigenvalue weighted by Crippen LogP contribution is -2.31. The lowest BCUT2D eigenvalue weighted by Gasteiger charge is -2.36. The lowest BCUT2D eigenvalue weighted by atomic mass is 9.72. The van der Waals surface area contributed by atoms with Gasteiger partial charge in [-0.3, -0.25) is 0 Å². The Morgan fingerprint density at radius 3 is 2.11 bits per heavy atom. The van der Waals surface area contributed by atoms with Gasteiger partial charge in [-0.05, 0) is 84.4 Å². The fourth-order valence-corrected chi connectivity index (χ4v) is 3.99. The van der Waals surface area contributed by atoms with Crippen molar-refractivity contribution in [2.24, 2.45) is 17.8 Å². The molecule has 1 fully saturated rings. The number of rotatable bonds is 3. The van der Waals surface area contributed by atoms with Crippen molar-refractivity contribution in [2.45, 2.75) is 39.2 Å². The average molecular weight is 357 g/mol. The van der Waals surface area contributed by atoms with Crippen molar-refractivity contribution >= 4 is 22.6 Å². The summed E-state index contributed by atoms with van der Waals surface area (Å²) in [6.07, 6.45) is 4.13. The van der Waals surface area contributed by atoms with Crippen molar-refractivity contribution in [1.29, 1.82) is 0 Å². The van der Waals surface area contributed by atoms with Crippen LogP contribution in [-0.2, 0) is 0 Å². The SMILES string of the molecule is CNC(c1ccc(I)cc1)C1CC(C)CC(C)C1. The molecule has 0 heterocycles. The maximum atomic E-state index is 3.55. The van der Waals surface area contributed by atoms with Crippen LogP contribution in [-0.4, -0.2) is 7.05 Å². The summed E-state index contributed by atoms with van der Waals surface area (Å²) in [5.41, 5.74) is 1.45. The van der Waals surface area contributed by atoms with Crippen LogP contribution in [0.4, 0.5) is 0 Å². The van der Waals surface area contributed by atoms with Gasteiger partial charge in [0.15, 0.2) is 0 Å². The number of hydrogen-bond acceptors (Lipinski definition) is 1. The van der Waals surface area contributed by atoms with E-state index in [1.165, 1.54) is 28.4 Å². The minimum Gasteiger partial charge on any atom is -0.313 e. The second-order valence-electron chi connectivity index (χ2n) is 6.00. The highest BCUT2D eigenvalue weighted by molar-refractivity contribution is 14.1. The molecule has 1 aliphatic carbocycles. The van der Waals surface area contributed by atoms with E-state index < -0.39 is 0 Å². The predicted octanol–water partition coefficient (Wildman–Crippen LogP) is 4.62.